The number of thioether (sulfide) groups is 1. The second kappa shape index (κ2) is 5.91. The van der Waals surface area contributed by atoms with Gasteiger partial charge in [-0.2, -0.15) is 0 Å². The standard InChI is InChI=1S/C12H18ClN3S/c1-3-6-16(8-9-4-5-9)11-7-10(13)14-12(15-11)17-2/h7,9H,3-6,8H2,1-2H3. The van der Waals surface area contributed by atoms with E-state index in [1.807, 2.05) is 12.3 Å². The molecule has 0 aromatic carbocycles. The first kappa shape index (κ1) is 13.0. The molecule has 1 saturated carbocycles. The van der Waals surface area contributed by atoms with E-state index in [1.54, 1.807) is 0 Å². The molecule has 3 nitrogen and oxygen atoms in total. The van der Waals surface area contributed by atoms with Crippen LogP contribution in [0, 0.1) is 5.92 Å². The highest BCUT2D eigenvalue weighted by Gasteiger charge is 2.25. The third kappa shape index (κ3) is 3.75. The first-order valence-electron chi connectivity index (χ1n) is 6.06. The number of rotatable bonds is 6. The van der Waals surface area contributed by atoms with Crippen LogP contribution in [0.1, 0.15) is 26.2 Å². The zero-order valence-corrected chi connectivity index (χ0v) is 11.9. The van der Waals surface area contributed by atoms with Gasteiger partial charge in [-0.05, 0) is 31.4 Å². The van der Waals surface area contributed by atoms with E-state index in [0.717, 1.165) is 36.4 Å². The van der Waals surface area contributed by atoms with Gasteiger partial charge in [0.15, 0.2) is 5.16 Å². The van der Waals surface area contributed by atoms with Crippen LogP contribution in [0.4, 0.5) is 5.82 Å². The molecule has 5 heteroatoms. The molecular formula is C12H18ClN3S. The molecule has 0 saturated heterocycles. The Bertz CT molecular complexity index is 382. The number of aromatic nitrogens is 2. The van der Waals surface area contributed by atoms with Crippen LogP contribution >= 0.6 is 23.4 Å². The van der Waals surface area contributed by atoms with Gasteiger partial charge in [0.2, 0.25) is 0 Å². The summed E-state index contributed by atoms with van der Waals surface area (Å²) in [5, 5.41) is 1.29. The van der Waals surface area contributed by atoms with Crippen LogP contribution in [0.15, 0.2) is 11.2 Å². The van der Waals surface area contributed by atoms with E-state index in [9.17, 15) is 0 Å². The normalized spacial score (nSPS) is 15.0. The number of hydrogen-bond donors (Lipinski definition) is 0. The molecule has 0 unspecified atom stereocenters. The first-order chi connectivity index (χ1) is 8.22. The molecule has 17 heavy (non-hydrogen) atoms. The third-order valence-corrected chi connectivity index (χ3v) is 3.58. The molecule has 0 bridgehead atoms. The molecule has 0 spiro atoms. The van der Waals surface area contributed by atoms with Crippen molar-refractivity contribution < 1.29 is 0 Å². The molecule has 1 aliphatic rings. The van der Waals surface area contributed by atoms with Gasteiger partial charge >= 0.3 is 0 Å². The average Bonchev–Trinajstić information content (AvgIpc) is 3.11. The van der Waals surface area contributed by atoms with Gasteiger partial charge in [-0.25, -0.2) is 9.97 Å². The Morgan fingerprint density at radius 3 is 2.82 bits per heavy atom. The minimum absolute atomic E-state index is 0.538. The number of nitrogens with zero attached hydrogens (tertiary/aromatic N) is 3. The molecule has 0 atom stereocenters. The maximum atomic E-state index is 6.03. The van der Waals surface area contributed by atoms with Crippen molar-refractivity contribution in [3.8, 4) is 0 Å². The van der Waals surface area contributed by atoms with Crippen LogP contribution in [0.25, 0.3) is 0 Å². The number of anilines is 1. The Morgan fingerprint density at radius 2 is 2.24 bits per heavy atom. The summed E-state index contributed by atoms with van der Waals surface area (Å²) in [7, 11) is 0. The fourth-order valence-electron chi connectivity index (χ4n) is 1.82. The van der Waals surface area contributed by atoms with E-state index in [4.69, 9.17) is 11.6 Å². The predicted molar refractivity (Wildman–Crippen MR) is 74.1 cm³/mol. The van der Waals surface area contributed by atoms with Crippen molar-refractivity contribution in [2.24, 2.45) is 5.92 Å². The molecule has 1 fully saturated rings. The average molecular weight is 272 g/mol. The predicted octanol–water partition coefficient (Wildman–Crippen LogP) is 3.48. The van der Waals surface area contributed by atoms with Crippen LogP contribution in [0.2, 0.25) is 5.15 Å². The lowest BCUT2D eigenvalue weighted by atomic mass is 10.3. The van der Waals surface area contributed by atoms with Crippen LogP contribution in [0.3, 0.4) is 0 Å². The molecule has 0 aliphatic heterocycles. The van der Waals surface area contributed by atoms with E-state index in [0.29, 0.717) is 5.15 Å². The highest BCUT2D eigenvalue weighted by molar-refractivity contribution is 7.98. The molecule has 1 aliphatic carbocycles. The topological polar surface area (TPSA) is 29.0 Å². The highest BCUT2D eigenvalue weighted by atomic mass is 35.5. The summed E-state index contributed by atoms with van der Waals surface area (Å²) in [6, 6.07) is 1.87. The van der Waals surface area contributed by atoms with E-state index in [1.165, 1.54) is 24.6 Å². The minimum Gasteiger partial charge on any atom is -0.356 e. The Morgan fingerprint density at radius 1 is 1.47 bits per heavy atom. The summed E-state index contributed by atoms with van der Waals surface area (Å²) in [5.74, 6) is 1.83. The Labute approximate surface area is 112 Å². The van der Waals surface area contributed by atoms with Crippen molar-refractivity contribution in [1.82, 2.24) is 9.97 Å². The fraction of sp³-hybridized carbons (Fsp3) is 0.667. The van der Waals surface area contributed by atoms with Crippen LogP contribution < -0.4 is 4.90 Å². The van der Waals surface area contributed by atoms with Gasteiger partial charge in [0.1, 0.15) is 11.0 Å². The van der Waals surface area contributed by atoms with Gasteiger partial charge in [-0.15, -0.1) is 0 Å². The maximum Gasteiger partial charge on any atom is 0.190 e. The molecule has 1 aromatic heterocycles. The summed E-state index contributed by atoms with van der Waals surface area (Å²) in [6.07, 6.45) is 5.81. The van der Waals surface area contributed by atoms with E-state index >= 15 is 0 Å². The van der Waals surface area contributed by atoms with Gasteiger partial charge < -0.3 is 4.90 Å². The molecule has 1 heterocycles. The van der Waals surface area contributed by atoms with E-state index in [2.05, 4.69) is 21.8 Å². The molecule has 2 rings (SSSR count). The van der Waals surface area contributed by atoms with E-state index < -0.39 is 0 Å². The minimum atomic E-state index is 0.538. The largest absolute Gasteiger partial charge is 0.356 e. The zero-order chi connectivity index (χ0) is 12.3. The monoisotopic (exact) mass is 271 g/mol. The molecule has 0 radical (unpaired) electrons. The molecular weight excluding hydrogens is 254 g/mol. The molecule has 94 valence electrons. The van der Waals surface area contributed by atoms with Crippen molar-refractivity contribution in [1.29, 1.82) is 0 Å². The first-order valence-corrected chi connectivity index (χ1v) is 7.66. The quantitative estimate of drug-likeness (QED) is 0.450. The summed E-state index contributed by atoms with van der Waals surface area (Å²) in [6.45, 7) is 4.34. The number of halogens is 1. The zero-order valence-electron chi connectivity index (χ0n) is 10.3. The van der Waals surface area contributed by atoms with Gasteiger partial charge in [0, 0.05) is 19.2 Å². The maximum absolute atomic E-state index is 6.03. The number of hydrogen-bond acceptors (Lipinski definition) is 4. The summed E-state index contributed by atoms with van der Waals surface area (Å²) in [4.78, 5) is 11.1. The lowest BCUT2D eigenvalue weighted by molar-refractivity contribution is 0.692. The lowest BCUT2D eigenvalue weighted by Crippen LogP contribution is -2.27. The third-order valence-electron chi connectivity index (χ3n) is 2.84. The Kier molecular flexibility index (Phi) is 4.51. The van der Waals surface area contributed by atoms with Crippen molar-refractivity contribution in [2.75, 3.05) is 24.2 Å². The van der Waals surface area contributed by atoms with Crippen molar-refractivity contribution in [2.45, 2.75) is 31.3 Å². The van der Waals surface area contributed by atoms with Crippen molar-refractivity contribution >= 4 is 29.2 Å². The second-order valence-corrected chi connectivity index (χ2v) is 5.59. The van der Waals surface area contributed by atoms with Gasteiger partial charge in [-0.1, -0.05) is 30.3 Å². The molecule has 1 aromatic rings. The van der Waals surface area contributed by atoms with Crippen LogP contribution in [0.5, 0.6) is 0 Å². The SMILES string of the molecule is CCCN(CC1CC1)c1cc(Cl)nc(SC)n1. The summed E-state index contributed by atoms with van der Waals surface area (Å²) in [5.41, 5.74) is 0. The van der Waals surface area contributed by atoms with Crippen LogP contribution in [-0.4, -0.2) is 29.3 Å². The van der Waals surface area contributed by atoms with Crippen molar-refractivity contribution in [3.05, 3.63) is 11.2 Å². The smallest absolute Gasteiger partial charge is 0.190 e. The van der Waals surface area contributed by atoms with E-state index in [-0.39, 0.29) is 0 Å². The lowest BCUT2D eigenvalue weighted by Gasteiger charge is -2.23. The van der Waals surface area contributed by atoms with Crippen molar-refractivity contribution in [3.63, 3.8) is 0 Å². The highest BCUT2D eigenvalue weighted by Crippen LogP contribution is 2.31. The Hall–Kier alpha value is -0.480. The summed E-state index contributed by atoms with van der Waals surface area (Å²) >= 11 is 7.57. The Balaban J connectivity index is 2.17. The summed E-state index contributed by atoms with van der Waals surface area (Å²) < 4.78 is 0. The van der Waals surface area contributed by atoms with Gasteiger partial charge in [0.05, 0.1) is 0 Å². The van der Waals surface area contributed by atoms with Gasteiger partial charge in [-0.3, -0.25) is 0 Å². The molecule has 0 amide bonds. The van der Waals surface area contributed by atoms with Gasteiger partial charge in [0.25, 0.3) is 0 Å². The molecule has 0 N–H and O–H groups in total. The fourth-order valence-corrected chi connectivity index (χ4v) is 2.42. The van der Waals surface area contributed by atoms with Crippen LogP contribution in [-0.2, 0) is 0 Å². The second-order valence-electron chi connectivity index (χ2n) is 4.42.